The van der Waals surface area contributed by atoms with Crippen LogP contribution in [0.3, 0.4) is 0 Å². The first-order chi connectivity index (χ1) is 13.3. The molecule has 2 aliphatic rings. The Kier molecular flexibility index (Phi) is 3.81. The lowest BCUT2D eigenvalue weighted by atomic mass is 10.1. The van der Waals surface area contributed by atoms with Gasteiger partial charge < -0.3 is 4.90 Å². The minimum Gasteiger partial charge on any atom is -0.351 e. The number of alkyl halides is 1. The van der Waals surface area contributed by atoms with Crippen LogP contribution in [0.15, 0.2) is 47.4 Å². The molecule has 1 saturated heterocycles. The molecular weight excluding hydrogens is 401 g/mol. The summed E-state index contributed by atoms with van der Waals surface area (Å²) in [5, 5.41) is 5.39. The molecule has 0 N–H and O–H groups in total. The highest BCUT2D eigenvalue weighted by molar-refractivity contribution is 7.90. The molecule has 0 radical (unpaired) electrons. The predicted octanol–water partition coefficient (Wildman–Crippen LogP) is 4.17. The number of hydrogen-bond donors (Lipinski definition) is 0. The quantitative estimate of drug-likeness (QED) is 0.639. The summed E-state index contributed by atoms with van der Waals surface area (Å²) in [4.78, 5) is 1.99. The van der Waals surface area contributed by atoms with Crippen molar-refractivity contribution < 1.29 is 12.8 Å². The van der Waals surface area contributed by atoms with Gasteiger partial charge in [-0.15, -0.1) is 5.10 Å². The monoisotopic (exact) mass is 419 g/mol. The fourth-order valence-corrected chi connectivity index (χ4v) is 5.55. The van der Waals surface area contributed by atoms with Crippen LogP contribution in [0.1, 0.15) is 18.4 Å². The van der Waals surface area contributed by atoms with Gasteiger partial charge in [-0.2, -0.15) is 12.5 Å². The Morgan fingerprint density at radius 3 is 2.54 bits per heavy atom. The van der Waals surface area contributed by atoms with Gasteiger partial charge in [0.15, 0.2) is 5.82 Å². The van der Waals surface area contributed by atoms with Gasteiger partial charge in [-0.05, 0) is 44.0 Å². The fraction of sp³-hybridized carbons (Fsp3) is 0.350. The standard InChI is InChI=1S/C20H19ClFN3O2S/c1-13-5-7-14(8-6-13)28(26,27)25-16-4-2-3-15(21)18(16)19(23-25)24-11-17(22)20(12-24)9-10-20/h2-8,17H,9-12H2,1H3. The number of benzene rings is 2. The molecule has 3 aromatic rings. The minimum atomic E-state index is -3.91. The van der Waals surface area contributed by atoms with Crippen LogP contribution in [0, 0.1) is 12.3 Å². The van der Waals surface area contributed by atoms with E-state index in [1.165, 1.54) is 0 Å². The zero-order chi connectivity index (χ0) is 19.7. The molecule has 1 unspecified atom stereocenters. The van der Waals surface area contributed by atoms with E-state index in [1.54, 1.807) is 42.5 Å². The molecule has 2 aromatic carbocycles. The van der Waals surface area contributed by atoms with Crippen LogP contribution < -0.4 is 4.90 Å². The molecule has 146 valence electrons. The summed E-state index contributed by atoms with van der Waals surface area (Å²) in [7, 11) is -3.91. The third-order valence-electron chi connectivity index (χ3n) is 5.90. The fourth-order valence-electron chi connectivity index (χ4n) is 4.02. The van der Waals surface area contributed by atoms with Gasteiger partial charge in [0, 0.05) is 12.0 Å². The number of rotatable bonds is 3. The molecule has 1 aromatic heterocycles. The second-order valence-corrected chi connectivity index (χ2v) is 10.0. The highest BCUT2D eigenvalue weighted by Gasteiger charge is 2.56. The molecule has 1 atom stereocenters. The Bertz CT molecular complexity index is 1190. The first kappa shape index (κ1) is 17.9. The molecule has 1 saturated carbocycles. The van der Waals surface area contributed by atoms with E-state index in [-0.39, 0.29) is 16.9 Å². The Labute approximate surface area is 167 Å². The minimum absolute atomic E-state index is 0.150. The second-order valence-electron chi connectivity index (χ2n) is 7.83. The van der Waals surface area contributed by atoms with Crippen LogP contribution in [-0.4, -0.2) is 36.9 Å². The van der Waals surface area contributed by atoms with Crippen molar-refractivity contribution in [2.45, 2.75) is 30.8 Å². The van der Waals surface area contributed by atoms with Gasteiger partial charge in [-0.25, -0.2) is 4.39 Å². The molecule has 1 aliphatic heterocycles. The van der Waals surface area contributed by atoms with Crippen molar-refractivity contribution >= 4 is 38.3 Å². The van der Waals surface area contributed by atoms with E-state index in [1.807, 2.05) is 11.8 Å². The van der Waals surface area contributed by atoms with Gasteiger partial charge in [0.25, 0.3) is 10.0 Å². The zero-order valence-electron chi connectivity index (χ0n) is 15.3. The number of fused-ring (bicyclic) bond motifs is 1. The largest absolute Gasteiger partial charge is 0.351 e. The van der Waals surface area contributed by atoms with E-state index in [4.69, 9.17) is 11.6 Å². The maximum Gasteiger partial charge on any atom is 0.283 e. The van der Waals surface area contributed by atoms with E-state index >= 15 is 0 Å². The molecule has 2 fully saturated rings. The summed E-state index contributed by atoms with van der Waals surface area (Å²) in [6, 6.07) is 11.7. The predicted molar refractivity (Wildman–Crippen MR) is 107 cm³/mol. The number of anilines is 1. The number of aromatic nitrogens is 2. The van der Waals surface area contributed by atoms with Crippen molar-refractivity contribution in [3.05, 3.63) is 53.1 Å². The summed E-state index contributed by atoms with van der Waals surface area (Å²) >= 11 is 6.43. The molecular formula is C20H19ClFN3O2S. The third kappa shape index (κ3) is 2.56. The van der Waals surface area contributed by atoms with Crippen LogP contribution in [0.25, 0.3) is 10.9 Å². The number of aryl methyl sites for hydroxylation is 1. The van der Waals surface area contributed by atoms with E-state index in [9.17, 15) is 12.8 Å². The summed E-state index contributed by atoms with van der Waals surface area (Å²) in [6.45, 7) is 2.64. The van der Waals surface area contributed by atoms with Gasteiger partial charge in [0.2, 0.25) is 0 Å². The Morgan fingerprint density at radius 1 is 1.18 bits per heavy atom. The first-order valence-corrected chi connectivity index (χ1v) is 11.0. The number of hydrogen-bond acceptors (Lipinski definition) is 4. The van der Waals surface area contributed by atoms with Crippen molar-refractivity contribution in [2.75, 3.05) is 18.0 Å². The van der Waals surface area contributed by atoms with Gasteiger partial charge in [-0.1, -0.05) is 35.4 Å². The van der Waals surface area contributed by atoms with Gasteiger partial charge >= 0.3 is 0 Å². The number of nitrogens with zero attached hydrogens (tertiary/aromatic N) is 3. The molecule has 5 nitrogen and oxygen atoms in total. The van der Waals surface area contributed by atoms with Crippen LogP contribution in [-0.2, 0) is 10.0 Å². The highest BCUT2D eigenvalue weighted by Crippen LogP contribution is 2.55. The van der Waals surface area contributed by atoms with E-state index in [0.29, 0.717) is 28.3 Å². The van der Waals surface area contributed by atoms with Gasteiger partial charge in [0.1, 0.15) is 6.17 Å². The van der Waals surface area contributed by atoms with Crippen molar-refractivity contribution in [1.82, 2.24) is 9.19 Å². The average Bonchev–Trinajstić information content (AvgIpc) is 3.21. The second kappa shape index (κ2) is 5.94. The molecule has 1 aliphatic carbocycles. The van der Waals surface area contributed by atoms with Crippen molar-refractivity contribution in [3.8, 4) is 0 Å². The molecule has 1 spiro atoms. The average molecular weight is 420 g/mol. The maximum absolute atomic E-state index is 14.5. The van der Waals surface area contributed by atoms with Crippen LogP contribution in [0.2, 0.25) is 5.02 Å². The molecule has 0 bridgehead atoms. The van der Waals surface area contributed by atoms with E-state index in [0.717, 1.165) is 22.5 Å². The van der Waals surface area contributed by atoms with Crippen molar-refractivity contribution in [1.29, 1.82) is 0 Å². The molecule has 28 heavy (non-hydrogen) atoms. The molecule has 0 amide bonds. The topological polar surface area (TPSA) is 55.2 Å². The third-order valence-corrected chi connectivity index (χ3v) is 7.81. The van der Waals surface area contributed by atoms with Gasteiger partial charge in [-0.3, -0.25) is 0 Å². The SMILES string of the molecule is Cc1ccc(S(=O)(=O)n2nc(N3CC(F)C4(CC4)C3)c3c(Cl)cccc32)cc1. The summed E-state index contributed by atoms with van der Waals surface area (Å²) in [5.41, 5.74) is 1.07. The smallest absolute Gasteiger partial charge is 0.283 e. The van der Waals surface area contributed by atoms with Crippen LogP contribution >= 0.6 is 11.6 Å². The lowest BCUT2D eigenvalue weighted by Crippen LogP contribution is -2.22. The van der Waals surface area contributed by atoms with E-state index < -0.39 is 16.2 Å². The van der Waals surface area contributed by atoms with Crippen molar-refractivity contribution in [2.24, 2.45) is 5.41 Å². The number of halogens is 2. The summed E-state index contributed by atoms with van der Waals surface area (Å²) in [5.74, 6) is 0.433. The van der Waals surface area contributed by atoms with Gasteiger partial charge in [0.05, 0.1) is 27.4 Å². The Morgan fingerprint density at radius 2 is 1.89 bits per heavy atom. The van der Waals surface area contributed by atoms with E-state index in [2.05, 4.69) is 5.10 Å². The summed E-state index contributed by atoms with van der Waals surface area (Å²) in [6.07, 6.45) is 0.793. The zero-order valence-corrected chi connectivity index (χ0v) is 16.8. The Balaban J connectivity index is 1.69. The lowest BCUT2D eigenvalue weighted by Gasteiger charge is -2.15. The highest BCUT2D eigenvalue weighted by atomic mass is 35.5. The van der Waals surface area contributed by atoms with Crippen molar-refractivity contribution in [3.63, 3.8) is 0 Å². The lowest BCUT2D eigenvalue weighted by molar-refractivity contribution is 0.267. The van der Waals surface area contributed by atoms with Crippen LogP contribution in [0.5, 0.6) is 0 Å². The molecule has 8 heteroatoms. The first-order valence-electron chi connectivity index (χ1n) is 9.20. The maximum atomic E-state index is 14.5. The summed E-state index contributed by atoms with van der Waals surface area (Å²) < 4.78 is 42.1. The molecule has 2 heterocycles. The normalized spacial score (nSPS) is 21.0. The Hall–Kier alpha value is -2.12. The molecule has 5 rings (SSSR count). The van der Waals surface area contributed by atoms with Crippen LogP contribution in [0.4, 0.5) is 10.2 Å².